The first kappa shape index (κ1) is 25.3. The summed E-state index contributed by atoms with van der Waals surface area (Å²) in [5, 5.41) is 8.88. The van der Waals surface area contributed by atoms with Crippen LogP contribution in [0.5, 0.6) is 0 Å². The molecule has 7 heteroatoms. The van der Waals surface area contributed by atoms with Gasteiger partial charge in [0.1, 0.15) is 5.82 Å². The van der Waals surface area contributed by atoms with Crippen LogP contribution in [-0.4, -0.2) is 51.5 Å². The van der Waals surface area contributed by atoms with Gasteiger partial charge in [0.15, 0.2) is 5.82 Å². The predicted molar refractivity (Wildman–Crippen MR) is 164 cm³/mol. The minimum atomic E-state index is 0.0777. The number of aryl methyl sites for hydroxylation is 3. The van der Waals surface area contributed by atoms with Crippen molar-refractivity contribution in [2.24, 2.45) is 0 Å². The first-order valence-electron chi connectivity index (χ1n) is 15.5. The number of aromatic nitrogens is 4. The number of piperidine rings is 1. The quantitative estimate of drug-likeness (QED) is 0.313. The van der Waals surface area contributed by atoms with Gasteiger partial charge in [0.05, 0.1) is 23.4 Å². The third-order valence-corrected chi connectivity index (χ3v) is 10.2. The molecule has 4 aromatic rings. The molecule has 2 atom stereocenters. The Balaban J connectivity index is 1.25. The van der Waals surface area contributed by atoms with Crippen molar-refractivity contribution in [3.05, 3.63) is 64.0 Å². The van der Waals surface area contributed by atoms with Gasteiger partial charge in [-0.3, -0.25) is 5.10 Å². The molecule has 2 aromatic heterocycles. The SMILES string of the molecule is Cc1ccc(C2CC2)cc1N1CCc2nc(-c3c(C)ccc4n[nH]c(C)c34)nc(N3CCC4(CCO4)CC3C)c2C1. The molecule has 8 rings (SSSR count). The van der Waals surface area contributed by atoms with Crippen molar-refractivity contribution in [3.63, 3.8) is 0 Å². The summed E-state index contributed by atoms with van der Waals surface area (Å²) < 4.78 is 6.13. The maximum Gasteiger partial charge on any atom is 0.162 e. The van der Waals surface area contributed by atoms with Gasteiger partial charge in [-0.2, -0.15) is 5.10 Å². The van der Waals surface area contributed by atoms with Crippen molar-refractivity contribution in [1.29, 1.82) is 0 Å². The van der Waals surface area contributed by atoms with E-state index in [0.717, 1.165) is 85.2 Å². The molecule has 1 aliphatic carbocycles. The molecule has 0 amide bonds. The zero-order valence-corrected chi connectivity index (χ0v) is 24.8. The normalized spacial score (nSPS) is 24.1. The Hall–Kier alpha value is -3.45. The fourth-order valence-corrected chi connectivity index (χ4v) is 7.60. The lowest BCUT2D eigenvalue weighted by Crippen LogP contribution is -2.56. The highest BCUT2D eigenvalue weighted by atomic mass is 16.5. The Bertz CT molecular complexity index is 1670. The van der Waals surface area contributed by atoms with Crippen molar-refractivity contribution < 1.29 is 4.74 Å². The number of fused-ring (bicyclic) bond motifs is 2. The Morgan fingerprint density at radius 1 is 1.00 bits per heavy atom. The highest BCUT2D eigenvalue weighted by Crippen LogP contribution is 2.44. The zero-order chi connectivity index (χ0) is 27.9. The molecule has 2 unspecified atom stereocenters. The van der Waals surface area contributed by atoms with Crippen molar-refractivity contribution in [3.8, 4) is 11.4 Å². The van der Waals surface area contributed by atoms with Gasteiger partial charge in [-0.1, -0.05) is 18.2 Å². The Morgan fingerprint density at radius 3 is 2.59 bits per heavy atom. The van der Waals surface area contributed by atoms with Gasteiger partial charge in [0.25, 0.3) is 0 Å². The van der Waals surface area contributed by atoms with Gasteiger partial charge in [0, 0.05) is 60.0 Å². The fourth-order valence-electron chi connectivity index (χ4n) is 7.60. The number of benzene rings is 2. The van der Waals surface area contributed by atoms with Crippen LogP contribution in [0.1, 0.15) is 78.6 Å². The molecule has 41 heavy (non-hydrogen) atoms. The minimum absolute atomic E-state index is 0.0777. The molecule has 1 N–H and O–H groups in total. The van der Waals surface area contributed by atoms with Crippen LogP contribution >= 0.6 is 0 Å². The predicted octanol–water partition coefficient (Wildman–Crippen LogP) is 6.53. The number of aromatic amines is 1. The third-order valence-electron chi connectivity index (χ3n) is 10.2. The van der Waals surface area contributed by atoms with Crippen molar-refractivity contribution in [2.75, 3.05) is 29.5 Å². The van der Waals surface area contributed by atoms with Gasteiger partial charge in [-0.05, 0) is 94.5 Å². The zero-order valence-electron chi connectivity index (χ0n) is 24.8. The Morgan fingerprint density at radius 2 is 1.83 bits per heavy atom. The van der Waals surface area contributed by atoms with E-state index in [0.29, 0.717) is 6.04 Å². The summed E-state index contributed by atoms with van der Waals surface area (Å²) >= 11 is 0. The van der Waals surface area contributed by atoms with E-state index in [1.165, 1.54) is 52.9 Å². The van der Waals surface area contributed by atoms with Crippen LogP contribution in [-0.2, 0) is 17.7 Å². The highest BCUT2D eigenvalue weighted by molar-refractivity contribution is 5.96. The first-order chi connectivity index (χ1) is 19.9. The molecule has 212 valence electrons. The van der Waals surface area contributed by atoms with Gasteiger partial charge in [-0.25, -0.2) is 9.97 Å². The molecular formula is C34H40N6O. The average Bonchev–Trinajstić information content (AvgIpc) is 3.74. The second-order valence-corrected chi connectivity index (χ2v) is 13.1. The summed E-state index contributed by atoms with van der Waals surface area (Å²) in [6.45, 7) is 12.6. The Labute approximate surface area is 242 Å². The van der Waals surface area contributed by atoms with E-state index in [1.807, 2.05) is 0 Å². The summed E-state index contributed by atoms with van der Waals surface area (Å²) in [5.41, 5.74) is 11.1. The second-order valence-electron chi connectivity index (χ2n) is 13.1. The fraction of sp³-hybridized carbons (Fsp3) is 0.500. The van der Waals surface area contributed by atoms with Crippen LogP contribution in [0.25, 0.3) is 22.3 Å². The number of hydrogen-bond donors (Lipinski definition) is 1. The summed E-state index contributed by atoms with van der Waals surface area (Å²) in [5.74, 6) is 2.70. The molecule has 1 spiro atoms. The Kier molecular flexibility index (Phi) is 5.72. The minimum Gasteiger partial charge on any atom is -0.375 e. The number of rotatable bonds is 4. The van der Waals surface area contributed by atoms with Crippen LogP contribution in [0.15, 0.2) is 30.3 Å². The lowest BCUT2D eigenvalue weighted by Gasteiger charge is -2.51. The van der Waals surface area contributed by atoms with E-state index < -0.39 is 0 Å². The highest BCUT2D eigenvalue weighted by Gasteiger charge is 2.45. The molecule has 5 heterocycles. The van der Waals surface area contributed by atoms with Crippen molar-refractivity contribution >= 4 is 22.4 Å². The molecule has 0 bridgehead atoms. The number of hydrogen-bond acceptors (Lipinski definition) is 6. The van der Waals surface area contributed by atoms with Crippen LogP contribution in [0.2, 0.25) is 0 Å². The summed E-state index contributed by atoms with van der Waals surface area (Å²) in [7, 11) is 0. The molecule has 4 aliphatic rings. The summed E-state index contributed by atoms with van der Waals surface area (Å²) in [4.78, 5) is 15.9. The van der Waals surface area contributed by atoms with Crippen molar-refractivity contribution in [1.82, 2.24) is 20.2 Å². The molecule has 2 aromatic carbocycles. The van der Waals surface area contributed by atoms with Crippen LogP contribution in [0, 0.1) is 20.8 Å². The van der Waals surface area contributed by atoms with Crippen LogP contribution in [0.3, 0.4) is 0 Å². The van der Waals surface area contributed by atoms with Gasteiger partial charge in [-0.15, -0.1) is 0 Å². The lowest BCUT2D eigenvalue weighted by molar-refractivity contribution is -0.163. The van der Waals surface area contributed by atoms with Crippen LogP contribution < -0.4 is 9.80 Å². The maximum absolute atomic E-state index is 6.13. The molecule has 3 fully saturated rings. The standard InChI is InChI=1S/C34H40N6O/c1-20-5-7-25(24-8-9-24)17-29(20)39-14-11-27-26(19-39)33(40-15-12-34(13-16-41-34)18-22(40)3)36-32(35-27)30-21(2)6-10-28-31(30)23(4)37-38-28/h5-7,10,17,22,24H,8-9,11-16,18-19H2,1-4H3,(H,37,38). The molecule has 3 aliphatic heterocycles. The number of anilines is 2. The molecule has 7 nitrogen and oxygen atoms in total. The molecular weight excluding hydrogens is 508 g/mol. The van der Waals surface area contributed by atoms with E-state index >= 15 is 0 Å². The van der Waals surface area contributed by atoms with Gasteiger partial charge < -0.3 is 14.5 Å². The summed E-state index contributed by atoms with van der Waals surface area (Å²) in [6, 6.07) is 11.7. The number of ether oxygens (including phenoxy) is 1. The maximum atomic E-state index is 6.13. The van der Waals surface area contributed by atoms with E-state index in [1.54, 1.807) is 0 Å². The van der Waals surface area contributed by atoms with E-state index in [-0.39, 0.29) is 5.60 Å². The first-order valence-corrected chi connectivity index (χ1v) is 15.5. The monoisotopic (exact) mass is 548 g/mol. The largest absolute Gasteiger partial charge is 0.375 e. The van der Waals surface area contributed by atoms with Crippen LogP contribution in [0.4, 0.5) is 11.5 Å². The van der Waals surface area contributed by atoms with E-state index in [2.05, 4.69) is 78.0 Å². The summed E-state index contributed by atoms with van der Waals surface area (Å²) in [6.07, 6.45) is 6.87. The second kappa shape index (κ2) is 9.28. The third kappa shape index (κ3) is 4.15. The van der Waals surface area contributed by atoms with Gasteiger partial charge >= 0.3 is 0 Å². The molecule has 1 saturated carbocycles. The van der Waals surface area contributed by atoms with E-state index in [9.17, 15) is 0 Å². The number of H-pyrrole nitrogens is 1. The van der Waals surface area contributed by atoms with Gasteiger partial charge in [0.2, 0.25) is 0 Å². The average molecular weight is 549 g/mol. The molecule has 2 saturated heterocycles. The smallest absolute Gasteiger partial charge is 0.162 e. The molecule has 0 radical (unpaired) electrons. The van der Waals surface area contributed by atoms with Crippen molar-refractivity contribution in [2.45, 2.75) is 90.3 Å². The van der Waals surface area contributed by atoms with E-state index in [4.69, 9.17) is 14.7 Å². The topological polar surface area (TPSA) is 70.2 Å². The number of nitrogens with zero attached hydrogens (tertiary/aromatic N) is 5. The lowest BCUT2D eigenvalue weighted by atomic mass is 9.81. The number of nitrogens with one attached hydrogen (secondary N) is 1.